The third-order valence-electron chi connectivity index (χ3n) is 7.49. The Morgan fingerprint density at radius 2 is 2.06 bits per heavy atom. The Kier molecular flexibility index (Phi) is 6.18. The zero-order chi connectivity index (χ0) is 23.8. The maximum atomic E-state index is 10.4. The van der Waals surface area contributed by atoms with Gasteiger partial charge in [0.2, 0.25) is 0 Å². The predicted molar refractivity (Wildman–Crippen MR) is 132 cm³/mol. The van der Waals surface area contributed by atoms with Crippen LogP contribution in [0.15, 0.2) is 18.3 Å². The minimum atomic E-state index is -0.611. The molecule has 2 atom stereocenters. The van der Waals surface area contributed by atoms with Gasteiger partial charge in [-0.2, -0.15) is 14.7 Å². The van der Waals surface area contributed by atoms with Crippen LogP contribution in [0, 0.1) is 11.3 Å². The van der Waals surface area contributed by atoms with Crippen molar-refractivity contribution in [1.82, 2.24) is 19.1 Å². The lowest BCUT2D eigenvalue weighted by Gasteiger charge is -2.36. The number of ether oxygens (including phenoxy) is 3. The van der Waals surface area contributed by atoms with Crippen LogP contribution in [0.4, 0.5) is 5.82 Å². The highest BCUT2D eigenvalue weighted by atomic mass is 32.1. The highest BCUT2D eigenvalue weighted by Gasteiger charge is 2.39. The van der Waals surface area contributed by atoms with E-state index in [0.717, 1.165) is 65.4 Å². The van der Waals surface area contributed by atoms with Crippen LogP contribution in [0.5, 0.6) is 0 Å². The van der Waals surface area contributed by atoms with E-state index >= 15 is 0 Å². The van der Waals surface area contributed by atoms with Gasteiger partial charge in [-0.05, 0) is 68.3 Å². The van der Waals surface area contributed by atoms with E-state index in [9.17, 15) is 5.26 Å². The number of morpholine rings is 1. The number of aromatic nitrogens is 4. The molecule has 184 valence electrons. The second-order valence-corrected chi connectivity index (χ2v) is 10.4. The van der Waals surface area contributed by atoms with E-state index in [0.29, 0.717) is 39.3 Å². The number of nitrogens with zero attached hydrogens (tertiary/aromatic N) is 6. The number of hydrogen-bond donors (Lipinski definition) is 0. The summed E-state index contributed by atoms with van der Waals surface area (Å²) in [7, 11) is 0. The van der Waals surface area contributed by atoms with Gasteiger partial charge in [-0.3, -0.25) is 0 Å². The summed E-state index contributed by atoms with van der Waals surface area (Å²) >= 11 is 1.43. The van der Waals surface area contributed by atoms with Crippen LogP contribution < -0.4 is 4.90 Å². The van der Waals surface area contributed by atoms with Gasteiger partial charge in [0.25, 0.3) is 0 Å². The summed E-state index contributed by atoms with van der Waals surface area (Å²) in [5, 5.41) is 15.0. The Balaban J connectivity index is 1.53. The first-order valence-electron chi connectivity index (χ1n) is 12.5. The number of fused-ring (bicyclic) bond motifs is 1. The number of anilines is 1. The number of rotatable bonds is 4. The van der Waals surface area contributed by atoms with Gasteiger partial charge in [-0.1, -0.05) is 0 Å². The van der Waals surface area contributed by atoms with Crippen LogP contribution >= 0.6 is 11.5 Å². The van der Waals surface area contributed by atoms with E-state index in [-0.39, 0.29) is 12.3 Å². The van der Waals surface area contributed by atoms with Crippen LogP contribution in [0.3, 0.4) is 0 Å². The lowest BCUT2D eigenvalue weighted by Crippen LogP contribution is -2.44. The molecule has 1 unspecified atom stereocenters. The van der Waals surface area contributed by atoms with Crippen molar-refractivity contribution in [3.63, 3.8) is 0 Å². The Morgan fingerprint density at radius 3 is 2.83 bits per heavy atom. The third kappa shape index (κ3) is 4.00. The fraction of sp³-hybridized carbons (Fsp3) is 0.600. The van der Waals surface area contributed by atoms with Gasteiger partial charge in [0, 0.05) is 32.6 Å². The predicted octanol–water partition coefficient (Wildman–Crippen LogP) is 4.05. The van der Waals surface area contributed by atoms with Crippen molar-refractivity contribution in [2.45, 2.75) is 56.7 Å². The van der Waals surface area contributed by atoms with Crippen molar-refractivity contribution in [1.29, 1.82) is 5.26 Å². The fourth-order valence-electron chi connectivity index (χ4n) is 5.45. The number of hydrogen-bond acceptors (Lipinski definition) is 9. The molecule has 0 saturated carbocycles. The molecule has 3 aliphatic rings. The molecule has 3 aliphatic heterocycles. The first-order valence-corrected chi connectivity index (χ1v) is 13.3. The van der Waals surface area contributed by atoms with Gasteiger partial charge in [-0.25, -0.2) is 9.67 Å². The van der Waals surface area contributed by atoms with E-state index < -0.39 is 5.41 Å². The molecule has 3 aromatic rings. The molecule has 0 radical (unpaired) electrons. The zero-order valence-corrected chi connectivity index (χ0v) is 20.8. The summed E-state index contributed by atoms with van der Waals surface area (Å²) < 4.78 is 25.2. The van der Waals surface area contributed by atoms with Crippen molar-refractivity contribution in [2.75, 3.05) is 44.5 Å². The molecule has 0 spiro atoms. The van der Waals surface area contributed by atoms with E-state index in [4.69, 9.17) is 23.6 Å². The smallest absolute Gasteiger partial charge is 0.150 e. The first-order chi connectivity index (χ1) is 17.2. The molecule has 3 saturated heterocycles. The van der Waals surface area contributed by atoms with Gasteiger partial charge in [0.15, 0.2) is 6.23 Å². The third-order valence-corrected chi connectivity index (χ3v) is 8.36. The molecule has 3 fully saturated rings. The topological polar surface area (TPSA) is 98.3 Å². The van der Waals surface area contributed by atoms with Crippen LogP contribution in [0.1, 0.15) is 50.8 Å². The van der Waals surface area contributed by atoms with Gasteiger partial charge < -0.3 is 19.1 Å². The quantitative estimate of drug-likeness (QED) is 0.536. The van der Waals surface area contributed by atoms with Crippen LogP contribution in [0.25, 0.3) is 21.6 Å². The zero-order valence-electron chi connectivity index (χ0n) is 20.0. The Hall–Kier alpha value is -2.58. The van der Waals surface area contributed by atoms with Crippen LogP contribution in [-0.2, 0) is 19.6 Å². The highest BCUT2D eigenvalue weighted by Crippen LogP contribution is 2.44. The van der Waals surface area contributed by atoms with E-state index in [1.165, 1.54) is 11.5 Å². The summed E-state index contributed by atoms with van der Waals surface area (Å²) in [5.41, 5.74) is 2.96. The first kappa shape index (κ1) is 22.9. The minimum absolute atomic E-state index is 0.0895. The normalized spacial score (nSPS) is 25.0. The van der Waals surface area contributed by atoms with Crippen molar-refractivity contribution in [3.05, 3.63) is 23.9 Å². The molecule has 9 nitrogen and oxygen atoms in total. The monoisotopic (exact) mass is 494 g/mol. The molecule has 10 heteroatoms. The van der Waals surface area contributed by atoms with Gasteiger partial charge >= 0.3 is 0 Å². The Morgan fingerprint density at radius 1 is 1.17 bits per heavy atom. The molecule has 35 heavy (non-hydrogen) atoms. The molecule has 0 amide bonds. The van der Waals surface area contributed by atoms with Gasteiger partial charge in [0.05, 0.1) is 41.1 Å². The molecule has 0 bridgehead atoms. The van der Waals surface area contributed by atoms with Crippen molar-refractivity contribution >= 4 is 27.6 Å². The molecular weight excluding hydrogens is 464 g/mol. The lowest BCUT2D eigenvalue weighted by atomic mass is 9.75. The van der Waals surface area contributed by atoms with Crippen LogP contribution in [0.2, 0.25) is 0 Å². The second-order valence-electron chi connectivity index (χ2n) is 9.64. The summed E-state index contributed by atoms with van der Waals surface area (Å²) in [6, 6.07) is 6.98. The average Bonchev–Trinajstić information content (AvgIpc) is 3.56. The minimum Gasteiger partial charge on any atom is -0.381 e. The molecule has 3 aromatic heterocycles. The van der Waals surface area contributed by atoms with Crippen molar-refractivity contribution < 1.29 is 14.2 Å². The molecule has 6 rings (SSSR count). The molecule has 6 heterocycles. The summed E-state index contributed by atoms with van der Waals surface area (Å²) in [6.45, 7) is 6.15. The van der Waals surface area contributed by atoms with E-state index in [2.05, 4.69) is 29.1 Å². The van der Waals surface area contributed by atoms with Gasteiger partial charge in [0.1, 0.15) is 17.0 Å². The molecule has 0 aliphatic carbocycles. The van der Waals surface area contributed by atoms with Crippen LogP contribution in [-0.4, -0.2) is 64.8 Å². The van der Waals surface area contributed by atoms with Crippen molar-refractivity contribution in [3.8, 4) is 17.5 Å². The average molecular weight is 495 g/mol. The molecule has 0 N–H and O–H groups in total. The fourth-order valence-corrected chi connectivity index (χ4v) is 6.40. The highest BCUT2D eigenvalue weighted by molar-refractivity contribution is 7.13. The van der Waals surface area contributed by atoms with Gasteiger partial charge in [-0.15, -0.1) is 0 Å². The summed E-state index contributed by atoms with van der Waals surface area (Å²) in [6.07, 6.45) is 6.19. The lowest BCUT2D eigenvalue weighted by molar-refractivity contribution is -0.0383. The number of pyridine rings is 1. The van der Waals surface area contributed by atoms with E-state index in [1.54, 1.807) is 0 Å². The SMILES string of the molecule is C[C@H]1COCCN1c1cc(C2(C#N)CCOCC2)c2snc(-c3ccnn3C3CCCCO3)c2n1. The number of nitriles is 1. The summed E-state index contributed by atoms with van der Waals surface area (Å²) in [5.74, 6) is 0.880. The van der Waals surface area contributed by atoms with Crippen molar-refractivity contribution in [2.24, 2.45) is 0 Å². The Labute approximate surface area is 208 Å². The maximum absolute atomic E-state index is 10.4. The summed E-state index contributed by atoms with van der Waals surface area (Å²) in [4.78, 5) is 7.46. The maximum Gasteiger partial charge on any atom is 0.150 e. The van der Waals surface area contributed by atoms with E-state index in [1.807, 2.05) is 16.9 Å². The second kappa shape index (κ2) is 9.47. The molecular formula is C25H30N6O3S. The standard InChI is InChI=1S/C25H30N6O3S/c1-17-15-33-13-9-30(17)20-14-18(25(16-26)6-11-32-12-7-25)24-23(28-20)22(29-35-24)19-5-8-27-31(19)21-4-2-3-10-34-21/h5,8,14,17,21H,2-4,6-7,9-13,15H2,1H3/t17-,21?/m0/s1. The molecule has 0 aromatic carbocycles. The Bertz CT molecular complexity index is 1240. The largest absolute Gasteiger partial charge is 0.381 e.